The lowest BCUT2D eigenvalue weighted by Crippen LogP contribution is -2.52. The molecule has 2 aliphatic heterocycles. The van der Waals surface area contributed by atoms with Crippen molar-refractivity contribution in [2.75, 3.05) is 31.1 Å². The van der Waals surface area contributed by atoms with Gasteiger partial charge >= 0.3 is 6.03 Å². The molecule has 0 radical (unpaired) electrons. The number of pyridine rings is 1. The van der Waals surface area contributed by atoms with Crippen molar-refractivity contribution >= 4 is 18.2 Å². The number of rotatable bonds is 3. The van der Waals surface area contributed by atoms with Gasteiger partial charge in [-0.15, -0.1) is 0 Å². The van der Waals surface area contributed by atoms with Crippen molar-refractivity contribution in [3.05, 3.63) is 75.3 Å². The summed E-state index contributed by atoms with van der Waals surface area (Å²) in [6, 6.07) is 10.9. The molecule has 0 bridgehead atoms. The Morgan fingerprint density at radius 2 is 1.94 bits per heavy atom. The van der Waals surface area contributed by atoms with Crippen molar-refractivity contribution in [3.8, 4) is 17.3 Å². The molecule has 1 saturated heterocycles. The zero-order chi connectivity index (χ0) is 25.2. The average molecular weight is 483 g/mol. The van der Waals surface area contributed by atoms with Gasteiger partial charge in [-0.05, 0) is 48.7 Å². The molecule has 0 aliphatic carbocycles. The fourth-order valence-electron chi connectivity index (χ4n) is 4.64. The monoisotopic (exact) mass is 482 g/mol. The van der Waals surface area contributed by atoms with Crippen LogP contribution in [-0.2, 0) is 0 Å². The molecule has 5 rings (SSSR count). The molecule has 1 aromatic carbocycles. The quantitative estimate of drug-likeness (QED) is 0.613. The van der Waals surface area contributed by atoms with E-state index in [1.807, 2.05) is 43.0 Å². The van der Waals surface area contributed by atoms with Gasteiger partial charge in [0.05, 0.1) is 28.9 Å². The molecule has 0 spiro atoms. The molecule has 1 N–H and O–H groups in total. The van der Waals surface area contributed by atoms with Crippen LogP contribution in [0.3, 0.4) is 0 Å². The van der Waals surface area contributed by atoms with Gasteiger partial charge in [0.2, 0.25) is 5.95 Å². The van der Waals surface area contributed by atoms with E-state index in [2.05, 4.69) is 21.1 Å². The first kappa shape index (κ1) is 23.2. The molecule has 2 aromatic heterocycles. The summed E-state index contributed by atoms with van der Waals surface area (Å²) < 4.78 is 0. The highest BCUT2D eigenvalue weighted by Gasteiger charge is 2.33. The van der Waals surface area contributed by atoms with Crippen molar-refractivity contribution in [2.24, 2.45) is 5.10 Å². The van der Waals surface area contributed by atoms with E-state index in [-0.39, 0.29) is 17.6 Å². The third-order valence-corrected chi connectivity index (χ3v) is 6.62. The first-order chi connectivity index (χ1) is 17.5. The summed E-state index contributed by atoms with van der Waals surface area (Å²) in [6.45, 7) is 5.89. The van der Waals surface area contributed by atoms with Gasteiger partial charge in [-0.3, -0.25) is 4.79 Å². The van der Waals surface area contributed by atoms with Gasteiger partial charge in [0.1, 0.15) is 0 Å². The SMILES string of the molecule is Cc1cnc(N2CCN(C(=O)N3N=CCC3c3cccc(C#N)c3)CC2)nc1-c1c(C)cc[nH]c1=O. The van der Waals surface area contributed by atoms with Crippen molar-refractivity contribution in [1.82, 2.24) is 24.9 Å². The van der Waals surface area contributed by atoms with Crippen LogP contribution in [0.2, 0.25) is 0 Å². The standard InChI is InChI=1S/C26H26N8O2/c1-17-6-8-28-24(35)22(17)23-18(2)16-29-25(31-23)32-10-12-33(13-11-32)26(36)34-21(7-9-30-34)20-5-3-4-19(14-20)15-27/h3-6,8-9,14,16,21H,7,10-13H2,1-2H3,(H,28,35). The van der Waals surface area contributed by atoms with Crippen molar-refractivity contribution in [1.29, 1.82) is 5.26 Å². The van der Waals surface area contributed by atoms with Crippen LogP contribution in [0.1, 0.15) is 34.7 Å². The topological polar surface area (TPSA) is 122 Å². The zero-order valence-corrected chi connectivity index (χ0v) is 20.2. The Bertz CT molecular complexity index is 1430. The Morgan fingerprint density at radius 1 is 1.14 bits per heavy atom. The number of hydrogen-bond donors (Lipinski definition) is 1. The van der Waals surface area contributed by atoms with E-state index in [1.165, 1.54) is 5.01 Å². The van der Waals surface area contributed by atoms with Gasteiger partial charge in [-0.1, -0.05) is 12.1 Å². The molecule has 2 amide bonds. The van der Waals surface area contributed by atoms with Crippen molar-refractivity contribution in [2.45, 2.75) is 26.3 Å². The fourth-order valence-corrected chi connectivity index (χ4v) is 4.64. The number of hydrazone groups is 1. The number of urea groups is 1. The van der Waals surface area contributed by atoms with Crippen LogP contribution in [0, 0.1) is 25.2 Å². The van der Waals surface area contributed by atoms with Gasteiger partial charge in [0.25, 0.3) is 5.56 Å². The average Bonchev–Trinajstić information content (AvgIpc) is 3.39. The molecule has 182 valence electrons. The number of nitrogens with zero attached hydrogens (tertiary/aromatic N) is 7. The van der Waals surface area contributed by atoms with Crippen LogP contribution >= 0.6 is 0 Å². The van der Waals surface area contributed by atoms with E-state index in [0.717, 1.165) is 16.7 Å². The normalized spacial score (nSPS) is 17.4. The van der Waals surface area contributed by atoms with Gasteiger partial charge in [-0.25, -0.2) is 19.8 Å². The van der Waals surface area contributed by atoms with Gasteiger partial charge < -0.3 is 14.8 Å². The number of aromatic amines is 1. The number of H-pyrrole nitrogens is 1. The van der Waals surface area contributed by atoms with E-state index in [4.69, 9.17) is 4.98 Å². The molecule has 10 heteroatoms. The summed E-state index contributed by atoms with van der Waals surface area (Å²) in [4.78, 5) is 41.6. The van der Waals surface area contributed by atoms with Crippen molar-refractivity contribution < 1.29 is 4.79 Å². The van der Waals surface area contributed by atoms with Crippen LogP contribution in [0.5, 0.6) is 0 Å². The second-order valence-electron chi connectivity index (χ2n) is 8.95. The van der Waals surface area contributed by atoms with E-state index in [1.54, 1.807) is 29.6 Å². The Labute approximate surface area is 208 Å². The predicted octanol–water partition coefficient (Wildman–Crippen LogP) is 3.00. The molecule has 1 fully saturated rings. The van der Waals surface area contributed by atoms with Crippen LogP contribution in [0.15, 0.2) is 52.6 Å². The number of aromatic nitrogens is 3. The summed E-state index contributed by atoms with van der Waals surface area (Å²) in [6.07, 6.45) is 5.72. The highest BCUT2D eigenvalue weighted by molar-refractivity contribution is 5.79. The lowest BCUT2D eigenvalue weighted by molar-refractivity contribution is 0.139. The number of aryl methyl sites for hydroxylation is 2. The summed E-state index contributed by atoms with van der Waals surface area (Å²) in [7, 11) is 0. The molecular formula is C26H26N8O2. The Kier molecular flexibility index (Phi) is 6.21. The maximum Gasteiger partial charge on any atom is 0.341 e. The number of carbonyl (C=O) groups excluding carboxylic acids is 1. The van der Waals surface area contributed by atoms with Crippen LogP contribution in [-0.4, -0.2) is 63.3 Å². The first-order valence-electron chi connectivity index (χ1n) is 11.8. The molecule has 36 heavy (non-hydrogen) atoms. The molecular weight excluding hydrogens is 456 g/mol. The maximum atomic E-state index is 13.3. The lowest BCUT2D eigenvalue weighted by atomic mass is 10.0. The van der Waals surface area contributed by atoms with Crippen molar-refractivity contribution in [3.63, 3.8) is 0 Å². The minimum Gasteiger partial charge on any atom is -0.337 e. The van der Waals surface area contributed by atoms with Gasteiger partial charge in [-0.2, -0.15) is 10.4 Å². The van der Waals surface area contributed by atoms with Gasteiger partial charge in [0.15, 0.2) is 0 Å². The zero-order valence-electron chi connectivity index (χ0n) is 20.2. The van der Waals surface area contributed by atoms with Crippen LogP contribution in [0.25, 0.3) is 11.3 Å². The number of benzene rings is 1. The number of nitrogens with one attached hydrogen (secondary N) is 1. The maximum absolute atomic E-state index is 13.3. The largest absolute Gasteiger partial charge is 0.341 e. The fraction of sp³-hybridized carbons (Fsp3) is 0.308. The Morgan fingerprint density at radius 3 is 2.69 bits per heavy atom. The van der Waals surface area contributed by atoms with E-state index in [0.29, 0.717) is 55.4 Å². The minimum atomic E-state index is -0.223. The van der Waals surface area contributed by atoms with Gasteiger partial charge in [0, 0.05) is 51.2 Å². The smallest absolute Gasteiger partial charge is 0.337 e. The summed E-state index contributed by atoms with van der Waals surface area (Å²) in [5, 5.41) is 15.1. The third-order valence-electron chi connectivity index (χ3n) is 6.62. The van der Waals surface area contributed by atoms with E-state index < -0.39 is 0 Å². The molecule has 2 aliphatic rings. The predicted molar refractivity (Wildman–Crippen MR) is 136 cm³/mol. The molecule has 10 nitrogen and oxygen atoms in total. The number of piperazine rings is 1. The second kappa shape index (κ2) is 9.62. The number of carbonyl (C=O) groups is 1. The van der Waals surface area contributed by atoms with Crippen LogP contribution < -0.4 is 10.5 Å². The minimum absolute atomic E-state index is 0.160. The second-order valence-corrected chi connectivity index (χ2v) is 8.95. The van der Waals surface area contributed by atoms with E-state index >= 15 is 0 Å². The molecule has 1 atom stereocenters. The summed E-state index contributed by atoms with van der Waals surface area (Å²) in [5.41, 5.74) is 4.11. The molecule has 4 heterocycles. The Balaban J connectivity index is 1.30. The number of amides is 2. The molecule has 0 saturated carbocycles. The summed E-state index contributed by atoms with van der Waals surface area (Å²) in [5.74, 6) is 0.538. The Hall–Kier alpha value is -4.52. The first-order valence-corrected chi connectivity index (χ1v) is 11.8. The number of anilines is 1. The number of hydrogen-bond acceptors (Lipinski definition) is 7. The third kappa shape index (κ3) is 4.31. The highest BCUT2D eigenvalue weighted by Crippen LogP contribution is 2.30. The lowest BCUT2D eigenvalue weighted by Gasteiger charge is -2.37. The number of nitriles is 1. The molecule has 3 aromatic rings. The highest BCUT2D eigenvalue weighted by atomic mass is 16.2. The van der Waals surface area contributed by atoms with Crippen LogP contribution in [0.4, 0.5) is 10.7 Å². The summed E-state index contributed by atoms with van der Waals surface area (Å²) >= 11 is 0. The molecule has 1 unspecified atom stereocenters. The van der Waals surface area contributed by atoms with E-state index in [9.17, 15) is 14.9 Å².